The van der Waals surface area contributed by atoms with Gasteiger partial charge >= 0.3 is 0 Å². The van der Waals surface area contributed by atoms with E-state index in [4.69, 9.17) is 6.42 Å². The molecule has 0 fully saturated rings. The quantitative estimate of drug-likeness (QED) is 0.637. The normalized spacial score (nSPS) is 12.3. The van der Waals surface area contributed by atoms with E-state index < -0.39 is 15.7 Å². The zero-order valence-electron chi connectivity index (χ0n) is 15.2. The third kappa shape index (κ3) is 3.87. The van der Waals surface area contributed by atoms with Crippen LogP contribution in [0.5, 0.6) is 0 Å². The van der Waals surface area contributed by atoms with Crippen LogP contribution < -0.4 is 4.80 Å². The molecule has 0 aliphatic carbocycles. The van der Waals surface area contributed by atoms with Gasteiger partial charge in [0.05, 0.1) is 21.7 Å². The zero-order valence-corrected chi connectivity index (χ0v) is 16.8. The van der Waals surface area contributed by atoms with E-state index in [1.54, 1.807) is 0 Å². The minimum absolute atomic E-state index is 0.161. The maximum atomic E-state index is 12.6. The maximum Gasteiger partial charge on any atom is 0.279 e. The molecule has 0 bridgehead atoms. The lowest BCUT2D eigenvalue weighted by Gasteiger charge is -2.03. The van der Waals surface area contributed by atoms with Crippen LogP contribution in [-0.2, 0) is 16.4 Å². The van der Waals surface area contributed by atoms with Gasteiger partial charge in [0.25, 0.3) is 5.91 Å². The Morgan fingerprint density at radius 1 is 1.19 bits per heavy atom. The number of aromatic nitrogens is 1. The largest absolute Gasteiger partial charge is 0.305 e. The number of carbonyl (C=O) groups is 1. The SMILES string of the molecule is C#CCn1c(=NC(=O)c2ccc(S(C)(=O)=O)cc2)sc2cc(C)c(C)cc21. The third-order valence-corrected chi connectivity index (χ3v) is 6.44. The second-order valence-corrected chi connectivity index (χ2v) is 9.32. The number of hydrogen-bond donors (Lipinski definition) is 0. The molecule has 0 unspecified atom stereocenters. The van der Waals surface area contributed by atoms with E-state index in [1.165, 1.54) is 35.6 Å². The second kappa shape index (κ2) is 7.14. The monoisotopic (exact) mass is 398 g/mol. The minimum Gasteiger partial charge on any atom is -0.305 e. The molecule has 7 heteroatoms. The Balaban J connectivity index is 2.10. The van der Waals surface area contributed by atoms with Crippen molar-refractivity contribution in [2.24, 2.45) is 4.99 Å². The summed E-state index contributed by atoms with van der Waals surface area (Å²) in [5, 5.41) is 0. The Bertz CT molecular complexity index is 1260. The summed E-state index contributed by atoms with van der Waals surface area (Å²) >= 11 is 1.40. The van der Waals surface area contributed by atoms with Crippen molar-refractivity contribution in [1.29, 1.82) is 0 Å². The first kappa shape index (κ1) is 19.1. The molecule has 27 heavy (non-hydrogen) atoms. The summed E-state index contributed by atoms with van der Waals surface area (Å²) in [4.78, 5) is 17.5. The van der Waals surface area contributed by atoms with Gasteiger partial charge in [-0.1, -0.05) is 17.3 Å². The molecule has 138 valence electrons. The molecule has 3 rings (SSSR count). The van der Waals surface area contributed by atoms with Crippen molar-refractivity contribution in [1.82, 2.24) is 4.57 Å². The molecule has 3 aromatic rings. The lowest BCUT2D eigenvalue weighted by Crippen LogP contribution is -2.16. The van der Waals surface area contributed by atoms with Gasteiger partial charge < -0.3 is 4.57 Å². The topological polar surface area (TPSA) is 68.5 Å². The van der Waals surface area contributed by atoms with E-state index in [1.807, 2.05) is 24.5 Å². The fourth-order valence-electron chi connectivity index (χ4n) is 2.65. The van der Waals surface area contributed by atoms with Crippen LogP contribution >= 0.6 is 11.3 Å². The number of amides is 1. The second-order valence-electron chi connectivity index (χ2n) is 6.29. The Kier molecular flexibility index (Phi) is 5.05. The van der Waals surface area contributed by atoms with E-state index in [9.17, 15) is 13.2 Å². The lowest BCUT2D eigenvalue weighted by molar-refractivity contribution is 0.0998. The van der Waals surface area contributed by atoms with Gasteiger partial charge in [-0.05, 0) is 61.4 Å². The number of rotatable bonds is 3. The molecule has 0 saturated carbocycles. The van der Waals surface area contributed by atoms with Crippen molar-refractivity contribution < 1.29 is 13.2 Å². The summed E-state index contributed by atoms with van der Waals surface area (Å²) < 4.78 is 25.9. The highest BCUT2D eigenvalue weighted by Crippen LogP contribution is 2.22. The molecule has 1 heterocycles. The first-order valence-electron chi connectivity index (χ1n) is 8.14. The average Bonchev–Trinajstić information content (AvgIpc) is 2.91. The smallest absolute Gasteiger partial charge is 0.279 e. The molecular formula is C20H18N2O3S2. The molecule has 0 atom stereocenters. The molecule has 5 nitrogen and oxygen atoms in total. The van der Waals surface area contributed by atoms with Crippen molar-refractivity contribution >= 4 is 37.3 Å². The molecule has 0 aliphatic heterocycles. The summed E-state index contributed by atoms with van der Waals surface area (Å²) in [6, 6.07) is 9.86. The lowest BCUT2D eigenvalue weighted by atomic mass is 10.1. The summed E-state index contributed by atoms with van der Waals surface area (Å²) in [6.07, 6.45) is 6.62. The Morgan fingerprint density at radius 3 is 2.41 bits per heavy atom. The number of hydrogen-bond acceptors (Lipinski definition) is 4. The number of sulfone groups is 1. The maximum absolute atomic E-state index is 12.6. The van der Waals surface area contributed by atoms with Crippen LogP contribution in [0.15, 0.2) is 46.3 Å². The summed E-state index contributed by atoms with van der Waals surface area (Å²) in [5.41, 5.74) is 3.56. The minimum atomic E-state index is -3.31. The number of benzene rings is 2. The molecule has 0 saturated heterocycles. The van der Waals surface area contributed by atoms with Crippen LogP contribution in [0.1, 0.15) is 21.5 Å². The molecule has 2 aromatic carbocycles. The number of carbonyl (C=O) groups excluding carboxylic acids is 1. The van der Waals surface area contributed by atoms with Crippen LogP contribution in [0.4, 0.5) is 0 Å². The highest BCUT2D eigenvalue weighted by Gasteiger charge is 2.12. The van der Waals surface area contributed by atoms with Crippen LogP contribution in [0, 0.1) is 26.2 Å². The number of nitrogens with zero attached hydrogens (tertiary/aromatic N) is 2. The Morgan fingerprint density at radius 2 is 1.81 bits per heavy atom. The number of fused-ring (bicyclic) bond motifs is 1. The van der Waals surface area contributed by atoms with Gasteiger partial charge in [0, 0.05) is 11.8 Å². The molecule has 0 spiro atoms. The molecule has 0 radical (unpaired) electrons. The van der Waals surface area contributed by atoms with E-state index in [2.05, 4.69) is 17.0 Å². The fraction of sp³-hybridized carbons (Fsp3) is 0.200. The number of terminal acetylenes is 1. The van der Waals surface area contributed by atoms with Gasteiger partial charge in [0.2, 0.25) is 0 Å². The Labute approximate surface area is 161 Å². The number of aryl methyl sites for hydroxylation is 2. The van der Waals surface area contributed by atoms with Crippen LogP contribution in [0.2, 0.25) is 0 Å². The van der Waals surface area contributed by atoms with Crippen LogP contribution in [0.3, 0.4) is 0 Å². The first-order chi connectivity index (χ1) is 12.7. The summed E-state index contributed by atoms with van der Waals surface area (Å²) in [7, 11) is -3.31. The van der Waals surface area contributed by atoms with Crippen molar-refractivity contribution in [3.05, 3.63) is 57.9 Å². The predicted octanol–water partition coefficient (Wildman–Crippen LogP) is 3.10. The molecular weight excluding hydrogens is 380 g/mol. The predicted molar refractivity (Wildman–Crippen MR) is 108 cm³/mol. The van der Waals surface area contributed by atoms with E-state index in [0.29, 0.717) is 16.9 Å². The van der Waals surface area contributed by atoms with Gasteiger partial charge in [0.15, 0.2) is 14.6 Å². The molecule has 0 aliphatic rings. The Hall–Kier alpha value is -2.69. The van der Waals surface area contributed by atoms with Gasteiger partial charge in [-0.2, -0.15) is 4.99 Å². The van der Waals surface area contributed by atoms with Crippen LogP contribution in [0.25, 0.3) is 10.2 Å². The van der Waals surface area contributed by atoms with E-state index in [0.717, 1.165) is 27.6 Å². The van der Waals surface area contributed by atoms with Gasteiger partial charge in [-0.3, -0.25) is 4.79 Å². The molecule has 1 amide bonds. The highest BCUT2D eigenvalue weighted by atomic mass is 32.2. The first-order valence-corrected chi connectivity index (χ1v) is 10.8. The van der Waals surface area contributed by atoms with E-state index in [-0.39, 0.29) is 4.90 Å². The van der Waals surface area contributed by atoms with Crippen LogP contribution in [-0.4, -0.2) is 25.1 Å². The van der Waals surface area contributed by atoms with Crippen molar-refractivity contribution in [2.75, 3.05) is 6.26 Å². The molecule has 0 N–H and O–H groups in total. The zero-order chi connectivity index (χ0) is 19.8. The van der Waals surface area contributed by atoms with Gasteiger partial charge in [-0.15, -0.1) is 6.42 Å². The molecule has 1 aromatic heterocycles. The number of thiazole rings is 1. The van der Waals surface area contributed by atoms with E-state index >= 15 is 0 Å². The van der Waals surface area contributed by atoms with Gasteiger partial charge in [0.1, 0.15) is 0 Å². The highest BCUT2D eigenvalue weighted by molar-refractivity contribution is 7.90. The van der Waals surface area contributed by atoms with Gasteiger partial charge in [-0.25, -0.2) is 8.42 Å². The average molecular weight is 399 g/mol. The van der Waals surface area contributed by atoms with Crippen molar-refractivity contribution in [3.8, 4) is 12.3 Å². The fourth-order valence-corrected chi connectivity index (χ4v) is 4.39. The van der Waals surface area contributed by atoms with Crippen molar-refractivity contribution in [2.45, 2.75) is 25.3 Å². The standard InChI is InChI=1S/C20H18N2O3S2/c1-5-10-22-17-11-13(2)14(3)12-18(17)26-20(22)21-19(23)15-6-8-16(9-7-15)27(4,24)25/h1,6-9,11-12H,10H2,2-4H3. The third-order valence-electron chi connectivity index (χ3n) is 4.27. The summed E-state index contributed by atoms with van der Waals surface area (Å²) in [5.74, 6) is 2.16. The van der Waals surface area contributed by atoms with Crippen molar-refractivity contribution in [3.63, 3.8) is 0 Å². The summed E-state index contributed by atoms with van der Waals surface area (Å²) in [6.45, 7) is 4.37.